The summed E-state index contributed by atoms with van der Waals surface area (Å²) >= 11 is 0. The van der Waals surface area contributed by atoms with Gasteiger partial charge in [-0.05, 0) is 33.2 Å². The second-order valence-electron chi connectivity index (χ2n) is 5.77. The Kier molecular flexibility index (Phi) is 4.02. The molecule has 0 saturated carbocycles. The fourth-order valence-corrected chi connectivity index (χ4v) is 3.86. The highest BCUT2D eigenvalue weighted by molar-refractivity contribution is 7.88. The van der Waals surface area contributed by atoms with E-state index in [2.05, 4.69) is 4.90 Å². The molecule has 1 atom stereocenters. The molecule has 2 aliphatic rings. The summed E-state index contributed by atoms with van der Waals surface area (Å²) in [6, 6.07) is 0. The van der Waals surface area contributed by atoms with Crippen LogP contribution in [0.25, 0.3) is 0 Å². The summed E-state index contributed by atoms with van der Waals surface area (Å²) in [6.07, 6.45) is 3.66. The van der Waals surface area contributed by atoms with Crippen LogP contribution in [0.1, 0.15) is 26.7 Å². The van der Waals surface area contributed by atoms with E-state index in [0.29, 0.717) is 19.7 Å². The Morgan fingerprint density at radius 2 is 2.00 bits per heavy atom. The van der Waals surface area contributed by atoms with Crippen molar-refractivity contribution in [1.29, 1.82) is 0 Å². The van der Waals surface area contributed by atoms with Gasteiger partial charge in [-0.1, -0.05) is 0 Å². The molecule has 0 radical (unpaired) electrons. The lowest BCUT2D eigenvalue weighted by Gasteiger charge is -2.46. The first-order valence-corrected chi connectivity index (χ1v) is 8.50. The van der Waals surface area contributed by atoms with Crippen LogP contribution in [0.5, 0.6) is 0 Å². The summed E-state index contributed by atoms with van der Waals surface area (Å²) in [5, 5.41) is 0. The topological polar surface area (TPSA) is 49.9 Å². The lowest BCUT2D eigenvalue weighted by atomic mass is 9.95. The third-order valence-electron chi connectivity index (χ3n) is 3.99. The van der Waals surface area contributed by atoms with Crippen molar-refractivity contribution in [3.05, 3.63) is 0 Å². The number of nitrogens with zero attached hydrogens (tertiary/aromatic N) is 2. The average molecular weight is 276 g/mol. The van der Waals surface area contributed by atoms with Crippen molar-refractivity contribution in [3.63, 3.8) is 0 Å². The van der Waals surface area contributed by atoms with Crippen LogP contribution in [0.4, 0.5) is 0 Å². The fourth-order valence-electron chi connectivity index (χ4n) is 2.98. The highest BCUT2D eigenvalue weighted by Gasteiger charge is 2.46. The second kappa shape index (κ2) is 5.07. The van der Waals surface area contributed by atoms with E-state index >= 15 is 0 Å². The van der Waals surface area contributed by atoms with Gasteiger partial charge >= 0.3 is 0 Å². The van der Waals surface area contributed by atoms with E-state index in [1.807, 2.05) is 13.8 Å². The summed E-state index contributed by atoms with van der Waals surface area (Å²) in [6.45, 7) is 7.77. The van der Waals surface area contributed by atoms with Gasteiger partial charge < -0.3 is 4.74 Å². The predicted octanol–water partition coefficient (Wildman–Crippen LogP) is 0.521. The van der Waals surface area contributed by atoms with Crippen LogP contribution in [0.15, 0.2) is 0 Å². The maximum atomic E-state index is 11.7. The summed E-state index contributed by atoms with van der Waals surface area (Å²) in [4.78, 5) is 2.41. The van der Waals surface area contributed by atoms with Crippen LogP contribution in [0, 0.1) is 0 Å². The minimum Gasteiger partial charge on any atom is -0.377 e. The van der Waals surface area contributed by atoms with Gasteiger partial charge in [-0.2, -0.15) is 4.31 Å². The Bertz CT molecular complexity index is 396. The first-order valence-electron chi connectivity index (χ1n) is 6.65. The third kappa shape index (κ3) is 2.87. The van der Waals surface area contributed by atoms with Gasteiger partial charge in [0.15, 0.2) is 0 Å². The molecule has 2 fully saturated rings. The van der Waals surface area contributed by atoms with Crippen LogP contribution in [-0.4, -0.2) is 68.3 Å². The highest BCUT2D eigenvalue weighted by atomic mass is 32.2. The van der Waals surface area contributed by atoms with E-state index in [-0.39, 0.29) is 11.6 Å². The minimum absolute atomic E-state index is 0.0917. The monoisotopic (exact) mass is 276 g/mol. The Hall–Kier alpha value is -0.170. The Balaban J connectivity index is 2.12. The molecule has 2 heterocycles. The number of rotatable bonds is 4. The number of ether oxygens (including phenoxy) is 1. The maximum Gasteiger partial charge on any atom is 0.211 e. The SMILES string of the molecule is CC(C)OCC12CCCN1CCN(S(C)(=O)=O)C2. The number of hydrogen-bond donors (Lipinski definition) is 0. The zero-order valence-electron chi connectivity index (χ0n) is 11.6. The second-order valence-corrected chi connectivity index (χ2v) is 7.75. The van der Waals surface area contributed by atoms with Crippen molar-refractivity contribution in [3.8, 4) is 0 Å². The molecule has 2 aliphatic heterocycles. The van der Waals surface area contributed by atoms with Crippen molar-refractivity contribution in [2.24, 2.45) is 0 Å². The lowest BCUT2D eigenvalue weighted by Crippen LogP contribution is -2.62. The van der Waals surface area contributed by atoms with Crippen LogP contribution in [0.3, 0.4) is 0 Å². The Morgan fingerprint density at radius 3 is 2.61 bits per heavy atom. The number of fused-ring (bicyclic) bond motifs is 1. The predicted molar refractivity (Wildman–Crippen MR) is 71.0 cm³/mol. The van der Waals surface area contributed by atoms with Gasteiger partial charge in [-0.25, -0.2) is 8.42 Å². The molecule has 2 saturated heterocycles. The van der Waals surface area contributed by atoms with Crippen molar-refractivity contribution >= 4 is 10.0 Å². The molecule has 1 unspecified atom stereocenters. The Morgan fingerprint density at radius 1 is 1.28 bits per heavy atom. The first-order chi connectivity index (χ1) is 8.33. The van der Waals surface area contributed by atoms with Crippen molar-refractivity contribution in [1.82, 2.24) is 9.21 Å². The molecule has 0 N–H and O–H groups in total. The van der Waals surface area contributed by atoms with Gasteiger partial charge in [0, 0.05) is 19.6 Å². The van der Waals surface area contributed by atoms with E-state index in [1.165, 1.54) is 6.26 Å². The zero-order valence-corrected chi connectivity index (χ0v) is 12.4. The summed E-state index contributed by atoms with van der Waals surface area (Å²) in [7, 11) is -3.09. The Labute approximate surface area is 110 Å². The van der Waals surface area contributed by atoms with Crippen LogP contribution < -0.4 is 0 Å². The molecule has 5 nitrogen and oxygen atoms in total. The zero-order chi connectivity index (χ0) is 13.4. The van der Waals surface area contributed by atoms with Gasteiger partial charge in [0.25, 0.3) is 0 Å². The van der Waals surface area contributed by atoms with Gasteiger partial charge in [0.05, 0.1) is 24.5 Å². The number of hydrogen-bond acceptors (Lipinski definition) is 4. The van der Waals surface area contributed by atoms with E-state index in [4.69, 9.17) is 4.74 Å². The fraction of sp³-hybridized carbons (Fsp3) is 1.00. The summed E-state index contributed by atoms with van der Waals surface area (Å²) in [5.74, 6) is 0. The molecule has 0 aromatic carbocycles. The largest absolute Gasteiger partial charge is 0.377 e. The lowest BCUT2D eigenvalue weighted by molar-refractivity contribution is -0.0372. The van der Waals surface area contributed by atoms with Crippen LogP contribution in [-0.2, 0) is 14.8 Å². The standard InChI is InChI=1S/C12H24N2O3S/c1-11(2)17-10-12-5-4-6-13(12)7-8-14(9-12)18(3,15)16/h11H,4-10H2,1-3H3. The summed E-state index contributed by atoms with van der Waals surface area (Å²) in [5.41, 5.74) is -0.0917. The molecule has 0 amide bonds. The number of sulfonamides is 1. The molecule has 0 aromatic rings. The van der Waals surface area contributed by atoms with Crippen molar-refractivity contribution < 1.29 is 13.2 Å². The molecule has 2 rings (SSSR count). The normalized spacial score (nSPS) is 30.9. The van der Waals surface area contributed by atoms with Crippen molar-refractivity contribution in [2.45, 2.75) is 38.3 Å². The molecule has 106 valence electrons. The molecule has 0 aliphatic carbocycles. The van der Waals surface area contributed by atoms with Crippen LogP contribution >= 0.6 is 0 Å². The smallest absolute Gasteiger partial charge is 0.211 e. The molecular formula is C12H24N2O3S. The first kappa shape index (κ1) is 14.2. The molecule has 6 heteroatoms. The molecule has 0 spiro atoms. The molecule has 0 bridgehead atoms. The third-order valence-corrected chi connectivity index (χ3v) is 5.24. The van der Waals surface area contributed by atoms with Crippen LogP contribution in [0.2, 0.25) is 0 Å². The van der Waals surface area contributed by atoms with Gasteiger partial charge in [0.2, 0.25) is 10.0 Å². The van der Waals surface area contributed by atoms with Gasteiger partial charge in [-0.3, -0.25) is 4.90 Å². The summed E-state index contributed by atoms with van der Waals surface area (Å²) < 4.78 is 30.8. The molecular weight excluding hydrogens is 252 g/mol. The highest BCUT2D eigenvalue weighted by Crippen LogP contribution is 2.34. The maximum absolute atomic E-state index is 11.7. The average Bonchev–Trinajstić information content (AvgIpc) is 2.68. The van der Waals surface area contributed by atoms with E-state index in [1.54, 1.807) is 4.31 Å². The van der Waals surface area contributed by atoms with Crippen molar-refractivity contribution in [2.75, 3.05) is 39.0 Å². The van der Waals surface area contributed by atoms with E-state index in [0.717, 1.165) is 25.9 Å². The van der Waals surface area contributed by atoms with Gasteiger partial charge in [0.1, 0.15) is 0 Å². The number of piperazine rings is 1. The molecule has 18 heavy (non-hydrogen) atoms. The van der Waals surface area contributed by atoms with E-state index in [9.17, 15) is 8.42 Å². The molecule has 0 aromatic heterocycles. The van der Waals surface area contributed by atoms with E-state index < -0.39 is 10.0 Å². The minimum atomic E-state index is -3.09. The quantitative estimate of drug-likeness (QED) is 0.751. The van der Waals surface area contributed by atoms with Gasteiger partial charge in [-0.15, -0.1) is 0 Å².